The van der Waals surface area contributed by atoms with Crippen molar-refractivity contribution >= 4 is 17.7 Å². The van der Waals surface area contributed by atoms with Crippen molar-refractivity contribution in [3.63, 3.8) is 0 Å². The first-order chi connectivity index (χ1) is 16.1. The summed E-state index contributed by atoms with van der Waals surface area (Å²) in [4.78, 5) is 27.4. The quantitative estimate of drug-likeness (QED) is 0.566. The lowest BCUT2D eigenvalue weighted by atomic mass is 9.77. The monoisotopic (exact) mass is 452 g/mol. The zero-order chi connectivity index (χ0) is 23.0. The van der Waals surface area contributed by atoms with Gasteiger partial charge in [-0.2, -0.15) is 0 Å². The molecular formula is C26H32N2O5. The molecule has 1 aliphatic carbocycles. The molecule has 4 rings (SSSR count). The Morgan fingerprint density at radius 3 is 2.45 bits per heavy atom. The average Bonchev–Trinajstić information content (AvgIpc) is 2.84. The van der Waals surface area contributed by atoms with Gasteiger partial charge in [-0.3, -0.25) is 15.1 Å². The minimum atomic E-state index is -0.692. The molecule has 1 aromatic carbocycles. The second-order valence-electron chi connectivity index (χ2n) is 9.08. The average molecular weight is 453 g/mol. The molecule has 0 bridgehead atoms. The van der Waals surface area contributed by atoms with Crippen molar-refractivity contribution in [3.8, 4) is 11.3 Å². The molecule has 2 aliphatic rings. The molecule has 33 heavy (non-hydrogen) atoms. The number of rotatable bonds is 7. The van der Waals surface area contributed by atoms with E-state index in [1.807, 2.05) is 12.1 Å². The molecule has 2 fully saturated rings. The van der Waals surface area contributed by atoms with E-state index in [9.17, 15) is 9.59 Å². The summed E-state index contributed by atoms with van der Waals surface area (Å²) < 4.78 is 10.8. The molecule has 1 saturated carbocycles. The summed E-state index contributed by atoms with van der Waals surface area (Å²) >= 11 is 0. The number of hydrogen-bond donors (Lipinski definition) is 2. The highest BCUT2D eigenvalue weighted by molar-refractivity contribution is 5.84. The number of carboxylic acids is 1. The van der Waals surface area contributed by atoms with E-state index in [1.54, 1.807) is 6.20 Å². The van der Waals surface area contributed by atoms with Gasteiger partial charge < -0.3 is 14.6 Å². The number of aromatic nitrogens is 1. The largest absolute Gasteiger partial charge is 0.481 e. The normalized spacial score (nSPS) is 23.0. The summed E-state index contributed by atoms with van der Waals surface area (Å²) in [6.45, 7) is 1.00. The zero-order valence-corrected chi connectivity index (χ0v) is 18.9. The number of aliphatic carboxylic acids is 1. The predicted molar refractivity (Wildman–Crippen MR) is 125 cm³/mol. The van der Waals surface area contributed by atoms with Crippen LogP contribution in [0.15, 0.2) is 42.6 Å². The van der Waals surface area contributed by atoms with Crippen LogP contribution in [0.1, 0.15) is 62.8 Å². The maximum Gasteiger partial charge on any atom is 0.411 e. The van der Waals surface area contributed by atoms with E-state index in [4.69, 9.17) is 14.6 Å². The van der Waals surface area contributed by atoms with E-state index in [-0.39, 0.29) is 19.1 Å². The SMILES string of the molecule is O=C(O)CC1CCC(c2ccc(-c3ccc(NC(=O)OCC4CCCCO4)cn3)cc2)CC1. The van der Waals surface area contributed by atoms with Crippen molar-refractivity contribution in [1.29, 1.82) is 0 Å². The molecule has 1 saturated heterocycles. The van der Waals surface area contributed by atoms with Crippen LogP contribution < -0.4 is 5.32 Å². The molecule has 1 aliphatic heterocycles. The molecule has 176 valence electrons. The van der Waals surface area contributed by atoms with Crippen LogP contribution in [-0.4, -0.2) is 41.5 Å². The fourth-order valence-electron chi connectivity index (χ4n) is 4.77. The number of nitrogens with zero attached hydrogens (tertiary/aromatic N) is 1. The van der Waals surface area contributed by atoms with Gasteiger partial charge in [-0.1, -0.05) is 24.3 Å². The van der Waals surface area contributed by atoms with Gasteiger partial charge in [-0.25, -0.2) is 4.79 Å². The van der Waals surface area contributed by atoms with E-state index in [1.165, 1.54) is 5.56 Å². The Hall–Kier alpha value is -2.93. The van der Waals surface area contributed by atoms with E-state index >= 15 is 0 Å². The molecule has 2 N–H and O–H groups in total. The van der Waals surface area contributed by atoms with Gasteiger partial charge in [0, 0.05) is 18.6 Å². The van der Waals surface area contributed by atoms with Crippen LogP contribution in [0.2, 0.25) is 0 Å². The van der Waals surface area contributed by atoms with Crippen LogP contribution in [0.25, 0.3) is 11.3 Å². The second-order valence-corrected chi connectivity index (χ2v) is 9.08. The predicted octanol–water partition coefficient (Wildman–Crippen LogP) is 5.61. The van der Waals surface area contributed by atoms with Crippen LogP contribution in [0.4, 0.5) is 10.5 Å². The van der Waals surface area contributed by atoms with Crippen LogP contribution in [0, 0.1) is 5.92 Å². The maximum absolute atomic E-state index is 12.0. The summed E-state index contributed by atoms with van der Waals surface area (Å²) in [5.74, 6) is 0.114. The number of nitrogens with one attached hydrogen (secondary N) is 1. The Morgan fingerprint density at radius 2 is 1.82 bits per heavy atom. The number of carboxylic acid groups (broad SMARTS) is 1. The first-order valence-corrected chi connectivity index (χ1v) is 11.9. The third-order valence-electron chi connectivity index (χ3n) is 6.67. The molecule has 1 aromatic heterocycles. The molecule has 2 heterocycles. The van der Waals surface area contributed by atoms with Gasteiger partial charge in [0.1, 0.15) is 6.61 Å². The molecule has 0 radical (unpaired) electrons. The third-order valence-corrected chi connectivity index (χ3v) is 6.67. The fourth-order valence-corrected chi connectivity index (χ4v) is 4.77. The molecule has 0 spiro atoms. The highest BCUT2D eigenvalue weighted by Gasteiger charge is 2.24. The van der Waals surface area contributed by atoms with E-state index in [0.29, 0.717) is 17.5 Å². The van der Waals surface area contributed by atoms with Crippen LogP contribution in [0.5, 0.6) is 0 Å². The van der Waals surface area contributed by atoms with Crippen LogP contribution >= 0.6 is 0 Å². The van der Waals surface area contributed by atoms with Crippen LogP contribution in [-0.2, 0) is 14.3 Å². The Morgan fingerprint density at radius 1 is 1.03 bits per heavy atom. The summed E-state index contributed by atoms with van der Waals surface area (Å²) in [5, 5.41) is 11.7. The number of carbonyl (C=O) groups is 2. The molecule has 1 amide bonds. The summed E-state index contributed by atoms with van der Waals surface area (Å²) in [7, 11) is 0. The Kier molecular flexibility index (Phi) is 7.94. The molecular weight excluding hydrogens is 420 g/mol. The Bertz CT molecular complexity index is 915. The summed E-state index contributed by atoms with van der Waals surface area (Å²) in [5.41, 5.74) is 3.74. The van der Waals surface area contributed by atoms with Gasteiger partial charge in [0.25, 0.3) is 0 Å². The molecule has 7 heteroatoms. The number of ether oxygens (including phenoxy) is 2. The lowest BCUT2D eigenvalue weighted by Gasteiger charge is -2.28. The maximum atomic E-state index is 12.0. The minimum absolute atomic E-state index is 0.00671. The summed E-state index contributed by atoms with van der Waals surface area (Å²) in [6, 6.07) is 12.1. The lowest BCUT2D eigenvalue weighted by Crippen LogP contribution is -2.27. The Labute approximate surface area is 194 Å². The standard InChI is InChI=1S/C26H32N2O5/c29-25(30)15-18-4-6-19(7-5-18)20-8-10-21(11-9-20)24-13-12-22(16-27-24)28-26(31)33-17-23-3-1-2-14-32-23/h8-13,16,18-19,23H,1-7,14-15,17H2,(H,28,31)(H,29,30). The van der Waals surface area contributed by atoms with Gasteiger partial charge in [0.15, 0.2) is 0 Å². The molecule has 2 aromatic rings. The van der Waals surface area contributed by atoms with Gasteiger partial charge in [-0.15, -0.1) is 0 Å². The number of amides is 1. The van der Waals surface area contributed by atoms with Crippen molar-refractivity contribution < 1.29 is 24.2 Å². The van der Waals surface area contributed by atoms with Gasteiger partial charge in [0.2, 0.25) is 0 Å². The van der Waals surface area contributed by atoms with Crippen molar-refractivity contribution in [3.05, 3.63) is 48.2 Å². The number of pyridine rings is 1. The van der Waals surface area contributed by atoms with Gasteiger partial charge in [-0.05, 0) is 74.5 Å². The first-order valence-electron chi connectivity index (χ1n) is 11.9. The van der Waals surface area contributed by atoms with E-state index < -0.39 is 12.1 Å². The molecule has 1 atom stereocenters. The van der Waals surface area contributed by atoms with Crippen molar-refractivity contribution in [2.75, 3.05) is 18.5 Å². The van der Waals surface area contributed by atoms with Crippen molar-refractivity contribution in [2.45, 2.75) is 63.4 Å². The Balaban J connectivity index is 1.26. The van der Waals surface area contributed by atoms with Crippen LogP contribution in [0.3, 0.4) is 0 Å². The smallest absolute Gasteiger partial charge is 0.411 e. The highest BCUT2D eigenvalue weighted by Crippen LogP contribution is 2.37. The topological polar surface area (TPSA) is 97.8 Å². The number of carbonyl (C=O) groups excluding carboxylic acids is 1. The summed E-state index contributed by atoms with van der Waals surface area (Å²) in [6.07, 6.45) is 8.55. The van der Waals surface area contributed by atoms with Crippen molar-refractivity contribution in [2.24, 2.45) is 5.92 Å². The molecule has 1 unspecified atom stereocenters. The number of hydrogen-bond acceptors (Lipinski definition) is 5. The van der Waals surface area contributed by atoms with Gasteiger partial charge >= 0.3 is 12.1 Å². The lowest BCUT2D eigenvalue weighted by molar-refractivity contribution is -0.138. The first kappa shape index (κ1) is 23.2. The number of anilines is 1. The van der Waals surface area contributed by atoms with E-state index in [2.05, 4.69) is 34.6 Å². The second kappa shape index (κ2) is 11.3. The third kappa shape index (κ3) is 6.78. The zero-order valence-electron chi connectivity index (χ0n) is 18.9. The van der Waals surface area contributed by atoms with Gasteiger partial charge in [0.05, 0.1) is 23.7 Å². The fraction of sp³-hybridized carbons (Fsp3) is 0.500. The highest BCUT2D eigenvalue weighted by atomic mass is 16.6. The minimum Gasteiger partial charge on any atom is -0.481 e. The number of benzene rings is 1. The van der Waals surface area contributed by atoms with E-state index in [0.717, 1.165) is 62.8 Å². The van der Waals surface area contributed by atoms with Crippen molar-refractivity contribution in [1.82, 2.24) is 4.98 Å². The molecule has 7 nitrogen and oxygen atoms in total.